The summed E-state index contributed by atoms with van der Waals surface area (Å²) in [5, 5.41) is 13.7. The Kier molecular flexibility index (Phi) is 11.1. The molecule has 1 aliphatic heterocycles. The van der Waals surface area contributed by atoms with E-state index in [9.17, 15) is 31.1 Å². The normalized spacial score (nSPS) is 44.1. The van der Waals surface area contributed by atoms with Crippen molar-refractivity contribution in [2.45, 2.75) is 130 Å². The molecule has 7 aliphatic rings. The third-order valence-corrected chi connectivity index (χ3v) is 21.9. The van der Waals surface area contributed by atoms with E-state index in [2.05, 4.69) is 59.5 Å². The summed E-state index contributed by atoms with van der Waals surface area (Å²) in [5.41, 5.74) is 9.55. The monoisotopic (exact) mass is 833 g/mol. The second kappa shape index (κ2) is 14.5. The molecular formula is C45H72FN3O6S2. The van der Waals surface area contributed by atoms with Crippen LogP contribution in [0.1, 0.15) is 119 Å². The standard InChI is InChI=1S/C45H72FN3O6S2/c1-31(2)33-13-19-44(48-22-26-56(52,53)27-23-49-24-28-57(54,55)29-25-49)21-20-42(7)37(45(33,44)47)9-8-36-40(5)15-12-34(39(3,4)35(40)14-16-41(36,42)6)32-10-17-43(30-46,18-11-32)38(50)51/h10,12,33,35-37,48H,1,8-9,11,13-30,47H2,2-7H3,(H,50,51)/t33-,35-,36+,37?,40-,41+,42+,43-,44?,45-/m0/s1. The van der Waals surface area contributed by atoms with Crippen molar-refractivity contribution < 1.29 is 31.1 Å². The Hall–Kier alpha value is -1.60. The summed E-state index contributed by atoms with van der Waals surface area (Å²) in [6.45, 7) is 19.8. The van der Waals surface area contributed by atoms with E-state index in [0.717, 1.165) is 63.4 Å². The third kappa shape index (κ3) is 6.69. The maximum Gasteiger partial charge on any atom is 0.312 e. The second-order valence-electron chi connectivity index (χ2n) is 21.3. The summed E-state index contributed by atoms with van der Waals surface area (Å²) in [6.07, 6.45) is 14.9. The molecule has 9 nitrogen and oxygen atoms in total. The lowest BCUT2D eigenvalue weighted by Gasteiger charge is -2.74. The maximum atomic E-state index is 14.0. The summed E-state index contributed by atoms with van der Waals surface area (Å²) >= 11 is 0. The summed E-state index contributed by atoms with van der Waals surface area (Å²) in [4.78, 5) is 14.0. The minimum absolute atomic E-state index is 0.0115. The van der Waals surface area contributed by atoms with Crippen molar-refractivity contribution in [3.05, 3.63) is 35.5 Å². The van der Waals surface area contributed by atoms with Gasteiger partial charge in [-0.05, 0) is 140 Å². The first kappa shape index (κ1) is 43.5. The Morgan fingerprint density at radius 3 is 2.21 bits per heavy atom. The number of alkyl halides is 1. The molecule has 10 atom stereocenters. The molecular weight excluding hydrogens is 762 g/mol. The first-order valence-corrected chi connectivity index (χ1v) is 25.6. The van der Waals surface area contributed by atoms with Gasteiger partial charge in [-0.2, -0.15) is 0 Å². The zero-order chi connectivity index (χ0) is 41.7. The van der Waals surface area contributed by atoms with Crippen molar-refractivity contribution in [3.63, 3.8) is 0 Å². The van der Waals surface area contributed by atoms with E-state index >= 15 is 0 Å². The zero-order valence-corrected chi connectivity index (χ0v) is 37.4. The van der Waals surface area contributed by atoms with Crippen LogP contribution in [0.3, 0.4) is 0 Å². The van der Waals surface area contributed by atoms with Crippen LogP contribution in [0.15, 0.2) is 35.5 Å². The summed E-state index contributed by atoms with van der Waals surface area (Å²) in [6, 6.07) is 0. The molecule has 0 bridgehead atoms. The molecule has 5 fully saturated rings. The van der Waals surface area contributed by atoms with Crippen LogP contribution in [0.5, 0.6) is 0 Å². The van der Waals surface area contributed by atoms with Crippen LogP contribution in [0, 0.1) is 50.7 Å². The molecule has 12 heteroatoms. The van der Waals surface area contributed by atoms with Crippen LogP contribution in [-0.4, -0.2) is 99.8 Å². The number of rotatable bonds is 11. The molecule has 0 amide bonds. The number of allylic oxidation sites excluding steroid dienone is 4. The minimum Gasteiger partial charge on any atom is -0.481 e. The number of fused-ring (bicyclic) bond motifs is 7. The Morgan fingerprint density at radius 2 is 1.60 bits per heavy atom. The predicted molar refractivity (Wildman–Crippen MR) is 226 cm³/mol. The van der Waals surface area contributed by atoms with Crippen molar-refractivity contribution >= 4 is 25.6 Å². The van der Waals surface area contributed by atoms with Gasteiger partial charge in [-0.1, -0.05) is 58.9 Å². The molecule has 2 unspecified atom stereocenters. The average Bonchev–Trinajstić information content (AvgIpc) is 3.44. The number of aliphatic carboxylic acids is 1. The first-order chi connectivity index (χ1) is 26.5. The molecule has 0 aromatic carbocycles. The molecule has 4 N–H and O–H groups in total. The molecule has 1 saturated heterocycles. The number of carboxylic acids is 1. The van der Waals surface area contributed by atoms with Gasteiger partial charge in [0, 0.05) is 37.3 Å². The van der Waals surface area contributed by atoms with Gasteiger partial charge >= 0.3 is 5.97 Å². The van der Waals surface area contributed by atoms with Crippen molar-refractivity contribution in [1.82, 2.24) is 10.2 Å². The van der Waals surface area contributed by atoms with Gasteiger partial charge in [0.2, 0.25) is 0 Å². The molecule has 1 heterocycles. The van der Waals surface area contributed by atoms with Crippen LogP contribution >= 0.6 is 0 Å². The molecule has 57 heavy (non-hydrogen) atoms. The largest absolute Gasteiger partial charge is 0.481 e. The number of carbonyl (C=O) groups is 1. The van der Waals surface area contributed by atoms with E-state index in [1.165, 1.54) is 11.1 Å². The lowest BCUT2D eigenvalue weighted by atomic mass is 9.32. The van der Waals surface area contributed by atoms with Gasteiger partial charge in [-0.15, -0.1) is 0 Å². The number of nitrogens with one attached hydrogen (secondary N) is 1. The minimum atomic E-state index is -3.36. The Bertz CT molecular complexity index is 1920. The SMILES string of the molecule is C=C(C)[C@@H]1CCC2(NCCS(=O)(=O)CCN3CCS(=O)(=O)CC3)CC[C@]3(C)C(CC[C@@H]4[C@@]5(C)CC=C(C6=CC[C@](CF)(C(=O)O)CC6)C(C)(C)[C@@H]5CC[C@]43C)[C@@]12N. The maximum absolute atomic E-state index is 14.0. The quantitative estimate of drug-likeness (QED) is 0.189. The average molecular weight is 834 g/mol. The molecule has 0 aromatic heterocycles. The second-order valence-corrected chi connectivity index (χ2v) is 25.9. The molecule has 4 saturated carbocycles. The molecule has 0 aromatic rings. The number of hydrogen-bond acceptors (Lipinski definition) is 8. The molecule has 6 aliphatic carbocycles. The molecule has 0 radical (unpaired) electrons. The van der Waals surface area contributed by atoms with Crippen LogP contribution in [0.4, 0.5) is 4.39 Å². The van der Waals surface area contributed by atoms with Crippen LogP contribution in [0.25, 0.3) is 0 Å². The van der Waals surface area contributed by atoms with Crippen LogP contribution in [-0.2, 0) is 24.5 Å². The van der Waals surface area contributed by atoms with Crippen molar-refractivity contribution in [1.29, 1.82) is 0 Å². The molecule has 0 spiro atoms. The van der Waals surface area contributed by atoms with Gasteiger partial charge in [-0.25, -0.2) is 21.2 Å². The van der Waals surface area contributed by atoms with E-state index in [4.69, 9.17) is 5.73 Å². The predicted octanol–water partition coefficient (Wildman–Crippen LogP) is 6.90. The molecule has 7 rings (SSSR count). The fourth-order valence-electron chi connectivity index (χ4n) is 15.2. The van der Waals surface area contributed by atoms with Crippen molar-refractivity contribution in [2.24, 2.45) is 56.5 Å². The highest BCUT2D eigenvalue weighted by Gasteiger charge is 2.74. The summed E-state index contributed by atoms with van der Waals surface area (Å²) in [5.74, 6) is 0.592. The smallest absolute Gasteiger partial charge is 0.312 e. The van der Waals surface area contributed by atoms with Gasteiger partial charge in [-0.3, -0.25) is 4.79 Å². The summed E-state index contributed by atoms with van der Waals surface area (Å²) in [7, 11) is -6.38. The fourth-order valence-corrected chi connectivity index (χ4v) is 17.6. The number of halogens is 1. The lowest BCUT2D eigenvalue weighted by Crippen LogP contribution is -2.78. The van der Waals surface area contributed by atoms with E-state index in [1.54, 1.807) is 0 Å². The highest BCUT2D eigenvalue weighted by molar-refractivity contribution is 7.91. The van der Waals surface area contributed by atoms with E-state index in [-0.39, 0.29) is 68.5 Å². The van der Waals surface area contributed by atoms with Crippen LogP contribution < -0.4 is 11.1 Å². The lowest BCUT2D eigenvalue weighted by molar-refractivity contribution is -0.225. The van der Waals surface area contributed by atoms with E-state index in [1.807, 2.05) is 11.0 Å². The highest BCUT2D eigenvalue weighted by atomic mass is 32.2. The fraction of sp³-hybridized carbons (Fsp3) is 0.844. The number of carboxylic acid groups (broad SMARTS) is 1. The van der Waals surface area contributed by atoms with Gasteiger partial charge in [0.1, 0.15) is 6.67 Å². The highest BCUT2D eigenvalue weighted by Crippen LogP contribution is 2.77. The Labute approximate surface area is 343 Å². The van der Waals surface area contributed by atoms with Gasteiger partial charge in [0.05, 0.1) is 28.4 Å². The summed E-state index contributed by atoms with van der Waals surface area (Å²) < 4.78 is 64.5. The van der Waals surface area contributed by atoms with Gasteiger partial charge < -0.3 is 21.1 Å². The van der Waals surface area contributed by atoms with Crippen molar-refractivity contribution in [2.75, 3.05) is 55.9 Å². The van der Waals surface area contributed by atoms with Gasteiger partial charge in [0.15, 0.2) is 19.7 Å². The van der Waals surface area contributed by atoms with Crippen molar-refractivity contribution in [3.8, 4) is 0 Å². The number of sulfone groups is 2. The topological polar surface area (TPSA) is 147 Å². The number of nitrogens with zero attached hydrogens (tertiary/aromatic N) is 1. The van der Waals surface area contributed by atoms with E-state index < -0.39 is 43.3 Å². The third-order valence-electron chi connectivity index (χ3n) is 18.7. The molecule has 322 valence electrons. The van der Waals surface area contributed by atoms with Crippen LogP contribution in [0.2, 0.25) is 0 Å². The zero-order valence-electron chi connectivity index (χ0n) is 35.7. The Morgan fingerprint density at radius 1 is 0.930 bits per heavy atom. The first-order valence-electron chi connectivity index (χ1n) is 22.0. The number of hydrogen-bond donors (Lipinski definition) is 3. The number of nitrogens with two attached hydrogens (primary N) is 1. The van der Waals surface area contributed by atoms with Gasteiger partial charge in [0.25, 0.3) is 0 Å². The van der Waals surface area contributed by atoms with E-state index in [0.29, 0.717) is 50.9 Å². The Balaban J connectivity index is 1.11.